The van der Waals surface area contributed by atoms with Crippen molar-refractivity contribution in [2.75, 3.05) is 12.1 Å². The zero-order valence-corrected chi connectivity index (χ0v) is 13.0. The normalized spacial score (nSPS) is 12.0. The molecule has 0 fully saturated rings. The van der Waals surface area contributed by atoms with Crippen molar-refractivity contribution in [1.82, 2.24) is 25.1 Å². The lowest BCUT2D eigenvalue weighted by Gasteiger charge is -2.11. The minimum absolute atomic E-state index is 0.221. The second kappa shape index (κ2) is 6.48. The number of carbonyl (C=O) groups excluding carboxylic acids is 1. The second-order valence-electron chi connectivity index (χ2n) is 5.21. The SMILES string of the molecule is O=C(NCc1ccc2c(c1)OCO2)Nc1cccnc1-n1cncn1. The fraction of sp³-hybridized carbons (Fsp3) is 0.125. The molecule has 1 aliphatic heterocycles. The highest BCUT2D eigenvalue weighted by molar-refractivity contribution is 5.90. The molecule has 0 aliphatic carbocycles. The Bertz CT molecular complexity index is 897. The summed E-state index contributed by atoms with van der Waals surface area (Å²) in [4.78, 5) is 20.3. The van der Waals surface area contributed by atoms with Crippen LogP contribution in [-0.4, -0.2) is 32.6 Å². The molecule has 0 unspecified atom stereocenters. The van der Waals surface area contributed by atoms with E-state index in [-0.39, 0.29) is 12.8 Å². The van der Waals surface area contributed by atoms with Crippen molar-refractivity contribution in [1.29, 1.82) is 0 Å². The average Bonchev–Trinajstić information content (AvgIpc) is 3.31. The first kappa shape index (κ1) is 14.9. The maximum atomic E-state index is 12.2. The Hall–Kier alpha value is -3.62. The van der Waals surface area contributed by atoms with Crippen LogP contribution in [0.4, 0.5) is 10.5 Å². The lowest BCUT2D eigenvalue weighted by Crippen LogP contribution is -2.28. The topological polar surface area (TPSA) is 103 Å². The van der Waals surface area contributed by atoms with Gasteiger partial charge in [-0.25, -0.2) is 19.4 Å². The summed E-state index contributed by atoms with van der Waals surface area (Å²) >= 11 is 0. The first-order valence-electron chi connectivity index (χ1n) is 7.53. The fourth-order valence-corrected chi connectivity index (χ4v) is 2.39. The monoisotopic (exact) mass is 338 g/mol. The third-order valence-corrected chi connectivity index (χ3v) is 3.56. The van der Waals surface area contributed by atoms with Crippen molar-refractivity contribution in [3.63, 3.8) is 0 Å². The van der Waals surface area contributed by atoms with E-state index >= 15 is 0 Å². The molecule has 4 rings (SSSR count). The Morgan fingerprint density at radius 1 is 1.24 bits per heavy atom. The second-order valence-corrected chi connectivity index (χ2v) is 5.21. The van der Waals surface area contributed by atoms with Crippen molar-refractivity contribution in [2.24, 2.45) is 0 Å². The Morgan fingerprint density at radius 3 is 3.04 bits per heavy atom. The third kappa shape index (κ3) is 3.20. The van der Waals surface area contributed by atoms with Crippen molar-refractivity contribution in [3.8, 4) is 17.3 Å². The van der Waals surface area contributed by atoms with E-state index in [1.54, 1.807) is 18.3 Å². The van der Waals surface area contributed by atoms with Crippen LogP contribution in [0, 0.1) is 0 Å². The van der Waals surface area contributed by atoms with Crippen LogP contribution in [0.2, 0.25) is 0 Å². The molecule has 0 bridgehead atoms. The zero-order valence-electron chi connectivity index (χ0n) is 13.0. The Morgan fingerprint density at radius 2 is 2.16 bits per heavy atom. The van der Waals surface area contributed by atoms with Gasteiger partial charge in [0.25, 0.3) is 0 Å². The molecule has 126 valence electrons. The first-order valence-corrected chi connectivity index (χ1v) is 7.53. The quantitative estimate of drug-likeness (QED) is 0.751. The molecule has 0 saturated carbocycles. The van der Waals surface area contributed by atoms with Gasteiger partial charge in [0.1, 0.15) is 12.7 Å². The van der Waals surface area contributed by atoms with E-state index < -0.39 is 0 Å². The van der Waals surface area contributed by atoms with Crippen molar-refractivity contribution >= 4 is 11.7 Å². The summed E-state index contributed by atoms with van der Waals surface area (Å²) in [7, 11) is 0. The number of urea groups is 1. The van der Waals surface area contributed by atoms with Gasteiger partial charge in [0, 0.05) is 12.7 Å². The Labute approximate surface area is 142 Å². The minimum atomic E-state index is -0.355. The van der Waals surface area contributed by atoms with Crippen LogP contribution >= 0.6 is 0 Å². The van der Waals surface area contributed by atoms with Gasteiger partial charge >= 0.3 is 6.03 Å². The smallest absolute Gasteiger partial charge is 0.319 e. The van der Waals surface area contributed by atoms with Crippen molar-refractivity contribution in [2.45, 2.75) is 6.54 Å². The van der Waals surface area contributed by atoms with E-state index in [0.29, 0.717) is 29.5 Å². The number of anilines is 1. The number of nitrogens with zero attached hydrogens (tertiary/aromatic N) is 4. The van der Waals surface area contributed by atoms with Gasteiger partial charge in [-0.15, -0.1) is 0 Å². The van der Waals surface area contributed by atoms with E-state index in [4.69, 9.17) is 9.47 Å². The van der Waals surface area contributed by atoms with E-state index in [1.165, 1.54) is 17.3 Å². The van der Waals surface area contributed by atoms with Crippen LogP contribution in [-0.2, 0) is 6.54 Å². The molecular weight excluding hydrogens is 324 g/mol. The van der Waals surface area contributed by atoms with E-state index in [9.17, 15) is 4.79 Å². The van der Waals surface area contributed by atoms with Crippen LogP contribution in [0.25, 0.3) is 5.82 Å². The number of ether oxygens (including phenoxy) is 2. The number of nitrogens with one attached hydrogen (secondary N) is 2. The molecule has 1 aromatic carbocycles. The van der Waals surface area contributed by atoms with Gasteiger partial charge in [-0.1, -0.05) is 6.07 Å². The molecule has 0 radical (unpaired) electrons. The number of fused-ring (bicyclic) bond motifs is 1. The van der Waals surface area contributed by atoms with Gasteiger partial charge in [0.2, 0.25) is 6.79 Å². The third-order valence-electron chi connectivity index (χ3n) is 3.56. The maximum Gasteiger partial charge on any atom is 0.319 e. The number of rotatable bonds is 4. The number of amides is 2. The van der Waals surface area contributed by atoms with Gasteiger partial charge in [-0.2, -0.15) is 5.10 Å². The molecule has 0 spiro atoms. The number of aromatic nitrogens is 4. The minimum Gasteiger partial charge on any atom is -0.454 e. The van der Waals surface area contributed by atoms with Crippen LogP contribution in [0.15, 0.2) is 49.2 Å². The molecule has 9 nitrogen and oxygen atoms in total. The molecule has 2 aromatic heterocycles. The molecule has 25 heavy (non-hydrogen) atoms. The average molecular weight is 338 g/mol. The van der Waals surface area contributed by atoms with E-state index in [0.717, 1.165) is 5.56 Å². The molecule has 0 atom stereocenters. The van der Waals surface area contributed by atoms with Crippen LogP contribution < -0.4 is 20.1 Å². The molecule has 2 N–H and O–H groups in total. The first-order chi connectivity index (χ1) is 12.3. The molecular formula is C16H14N6O3. The summed E-state index contributed by atoms with van der Waals surface area (Å²) in [5, 5.41) is 9.58. The predicted molar refractivity (Wildman–Crippen MR) is 87.6 cm³/mol. The largest absolute Gasteiger partial charge is 0.454 e. The fourth-order valence-electron chi connectivity index (χ4n) is 2.39. The van der Waals surface area contributed by atoms with Gasteiger partial charge in [0.05, 0.1) is 5.69 Å². The Kier molecular flexibility index (Phi) is 3.87. The summed E-state index contributed by atoms with van der Waals surface area (Å²) in [6, 6.07) is 8.65. The molecule has 9 heteroatoms. The van der Waals surface area contributed by atoms with E-state index in [2.05, 4.69) is 25.7 Å². The van der Waals surface area contributed by atoms with Crippen LogP contribution in [0.1, 0.15) is 5.56 Å². The summed E-state index contributed by atoms with van der Waals surface area (Å²) in [6.45, 7) is 0.570. The predicted octanol–water partition coefficient (Wildman–Crippen LogP) is 1.71. The zero-order chi connectivity index (χ0) is 17.1. The van der Waals surface area contributed by atoms with Gasteiger partial charge in [-0.05, 0) is 29.8 Å². The standard InChI is InChI=1S/C16H14N6O3/c23-16(19-7-11-3-4-13-14(6-11)25-10-24-13)21-12-2-1-5-18-15(12)22-9-17-8-20-22/h1-6,8-9H,7,10H2,(H2,19,21,23). The van der Waals surface area contributed by atoms with E-state index in [1.807, 2.05) is 18.2 Å². The number of hydrogen-bond donors (Lipinski definition) is 2. The summed E-state index contributed by atoms with van der Waals surface area (Å²) in [6.07, 6.45) is 4.53. The number of carbonyl (C=O) groups is 1. The molecule has 2 amide bonds. The lowest BCUT2D eigenvalue weighted by atomic mass is 10.2. The van der Waals surface area contributed by atoms with Crippen molar-refractivity contribution in [3.05, 3.63) is 54.7 Å². The highest BCUT2D eigenvalue weighted by Crippen LogP contribution is 2.32. The maximum absolute atomic E-state index is 12.2. The van der Waals surface area contributed by atoms with Crippen LogP contribution in [0.3, 0.4) is 0 Å². The Balaban J connectivity index is 1.41. The summed E-state index contributed by atoms with van der Waals surface area (Å²) in [5.41, 5.74) is 1.43. The molecule has 3 aromatic rings. The summed E-state index contributed by atoms with van der Waals surface area (Å²) in [5.74, 6) is 1.87. The number of benzene rings is 1. The molecule has 3 heterocycles. The highest BCUT2D eigenvalue weighted by atomic mass is 16.7. The molecule has 1 aliphatic rings. The van der Waals surface area contributed by atoms with Gasteiger partial charge in [-0.3, -0.25) is 0 Å². The van der Waals surface area contributed by atoms with Gasteiger partial charge in [0.15, 0.2) is 17.3 Å². The van der Waals surface area contributed by atoms with Gasteiger partial charge < -0.3 is 20.1 Å². The van der Waals surface area contributed by atoms with Crippen molar-refractivity contribution < 1.29 is 14.3 Å². The van der Waals surface area contributed by atoms with Crippen LogP contribution in [0.5, 0.6) is 11.5 Å². The highest BCUT2D eigenvalue weighted by Gasteiger charge is 2.14. The molecule has 0 saturated heterocycles. The summed E-state index contributed by atoms with van der Waals surface area (Å²) < 4.78 is 12.1. The lowest BCUT2D eigenvalue weighted by molar-refractivity contribution is 0.174. The number of hydrogen-bond acceptors (Lipinski definition) is 6. The number of pyridine rings is 1.